The highest BCUT2D eigenvalue weighted by Crippen LogP contribution is 2.24. The molecule has 92 valence electrons. The molecule has 1 atom stereocenters. The van der Waals surface area contributed by atoms with Crippen molar-refractivity contribution >= 4 is 5.96 Å². The summed E-state index contributed by atoms with van der Waals surface area (Å²) in [5.41, 5.74) is -0.0729. The summed E-state index contributed by atoms with van der Waals surface area (Å²) in [6, 6.07) is 0. The minimum Gasteiger partial charge on any atom is -0.373 e. The van der Waals surface area contributed by atoms with E-state index in [2.05, 4.69) is 36.1 Å². The standard InChI is InChI=1S/C12H23N3O/c1-4-8-14-11(13-5-2)15-10-12(3)7-6-9-16-12/h4H,1,5-10H2,2-3H3,(H2,13,14,15). The van der Waals surface area contributed by atoms with Crippen LogP contribution in [0.4, 0.5) is 0 Å². The fourth-order valence-electron chi connectivity index (χ4n) is 1.72. The number of nitrogens with one attached hydrogen (secondary N) is 2. The van der Waals surface area contributed by atoms with Crippen molar-refractivity contribution in [3.8, 4) is 0 Å². The average molecular weight is 225 g/mol. The van der Waals surface area contributed by atoms with Crippen LogP contribution in [0.15, 0.2) is 17.6 Å². The predicted octanol–water partition coefficient (Wildman–Crippen LogP) is 1.30. The molecule has 16 heavy (non-hydrogen) atoms. The van der Waals surface area contributed by atoms with Gasteiger partial charge >= 0.3 is 0 Å². The SMILES string of the molecule is C=CCNC(=NCC1(C)CCCO1)NCC. The molecule has 0 aliphatic carbocycles. The van der Waals surface area contributed by atoms with Gasteiger partial charge in [0, 0.05) is 19.7 Å². The van der Waals surface area contributed by atoms with E-state index in [4.69, 9.17) is 4.74 Å². The second kappa shape index (κ2) is 6.53. The first-order chi connectivity index (χ1) is 7.70. The fraction of sp³-hybridized carbons (Fsp3) is 0.750. The van der Waals surface area contributed by atoms with E-state index in [9.17, 15) is 0 Å². The number of hydrogen-bond acceptors (Lipinski definition) is 2. The maximum absolute atomic E-state index is 5.69. The van der Waals surface area contributed by atoms with Gasteiger partial charge in [0.15, 0.2) is 5.96 Å². The molecule has 0 bridgehead atoms. The summed E-state index contributed by atoms with van der Waals surface area (Å²) >= 11 is 0. The molecule has 0 aromatic carbocycles. The zero-order valence-electron chi connectivity index (χ0n) is 10.4. The Morgan fingerprint density at radius 1 is 1.56 bits per heavy atom. The fourth-order valence-corrected chi connectivity index (χ4v) is 1.72. The largest absolute Gasteiger partial charge is 0.373 e. The Bertz CT molecular complexity index is 245. The smallest absolute Gasteiger partial charge is 0.191 e. The van der Waals surface area contributed by atoms with Crippen molar-refractivity contribution in [2.75, 3.05) is 26.2 Å². The van der Waals surface area contributed by atoms with E-state index >= 15 is 0 Å². The highest BCUT2D eigenvalue weighted by Gasteiger charge is 2.29. The van der Waals surface area contributed by atoms with E-state index in [1.54, 1.807) is 0 Å². The van der Waals surface area contributed by atoms with Gasteiger partial charge in [-0.15, -0.1) is 6.58 Å². The predicted molar refractivity (Wildman–Crippen MR) is 67.8 cm³/mol. The molecule has 1 saturated heterocycles. The lowest BCUT2D eigenvalue weighted by Crippen LogP contribution is -2.39. The van der Waals surface area contributed by atoms with Gasteiger partial charge in [0.05, 0.1) is 12.1 Å². The van der Waals surface area contributed by atoms with Gasteiger partial charge in [-0.3, -0.25) is 4.99 Å². The summed E-state index contributed by atoms with van der Waals surface area (Å²) < 4.78 is 5.69. The molecule has 0 spiro atoms. The van der Waals surface area contributed by atoms with Crippen molar-refractivity contribution in [2.45, 2.75) is 32.3 Å². The third-order valence-corrected chi connectivity index (χ3v) is 2.63. The van der Waals surface area contributed by atoms with Gasteiger partial charge in [0.25, 0.3) is 0 Å². The van der Waals surface area contributed by atoms with Crippen LogP contribution in [-0.4, -0.2) is 37.8 Å². The summed E-state index contributed by atoms with van der Waals surface area (Å²) in [7, 11) is 0. The number of nitrogens with zero attached hydrogens (tertiary/aromatic N) is 1. The normalized spacial score (nSPS) is 25.5. The molecule has 4 nitrogen and oxygen atoms in total. The maximum Gasteiger partial charge on any atom is 0.191 e. The Hall–Kier alpha value is -1.03. The highest BCUT2D eigenvalue weighted by molar-refractivity contribution is 5.79. The van der Waals surface area contributed by atoms with Gasteiger partial charge in [0.1, 0.15) is 0 Å². The molecule has 0 radical (unpaired) electrons. The van der Waals surface area contributed by atoms with Crippen LogP contribution in [0, 0.1) is 0 Å². The van der Waals surface area contributed by atoms with Gasteiger partial charge in [-0.2, -0.15) is 0 Å². The maximum atomic E-state index is 5.69. The number of rotatable bonds is 5. The van der Waals surface area contributed by atoms with E-state index < -0.39 is 0 Å². The monoisotopic (exact) mass is 225 g/mol. The Morgan fingerprint density at radius 3 is 2.94 bits per heavy atom. The van der Waals surface area contributed by atoms with E-state index in [1.165, 1.54) is 0 Å². The number of hydrogen-bond donors (Lipinski definition) is 2. The first kappa shape index (κ1) is 13.0. The van der Waals surface area contributed by atoms with Crippen LogP contribution in [0.3, 0.4) is 0 Å². The van der Waals surface area contributed by atoms with Gasteiger partial charge < -0.3 is 15.4 Å². The van der Waals surface area contributed by atoms with Gasteiger partial charge in [-0.1, -0.05) is 6.08 Å². The molecule has 1 rings (SSSR count). The van der Waals surface area contributed by atoms with Crippen molar-refractivity contribution < 1.29 is 4.74 Å². The van der Waals surface area contributed by atoms with Crippen LogP contribution in [0.1, 0.15) is 26.7 Å². The molecule has 0 amide bonds. The van der Waals surface area contributed by atoms with Crippen LogP contribution in [0.2, 0.25) is 0 Å². The average Bonchev–Trinajstić information content (AvgIpc) is 2.70. The first-order valence-corrected chi connectivity index (χ1v) is 5.97. The summed E-state index contributed by atoms with van der Waals surface area (Å²) in [5, 5.41) is 6.37. The van der Waals surface area contributed by atoms with Crippen molar-refractivity contribution in [1.29, 1.82) is 0 Å². The molecule has 1 aliphatic heterocycles. The van der Waals surface area contributed by atoms with E-state index in [0.717, 1.165) is 38.5 Å². The quantitative estimate of drug-likeness (QED) is 0.421. The molecule has 1 aliphatic rings. The molecule has 0 saturated carbocycles. The van der Waals surface area contributed by atoms with Crippen LogP contribution < -0.4 is 10.6 Å². The molecular weight excluding hydrogens is 202 g/mol. The van der Waals surface area contributed by atoms with E-state index in [1.807, 2.05) is 6.08 Å². The lowest BCUT2D eigenvalue weighted by molar-refractivity contribution is 0.0283. The van der Waals surface area contributed by atoms with Crippen molar-refractivity contribution in [3.63, 3.8) is 0 Å². The van der Waals surface area contributed by atoms with Crippen LogP contribution >= 0.6 is 0 Å². The third-order valence-electron chi connectivity index (χ3n) is 2.63. The topological polar surface area (TPSA) is 45.7 Å². The van der Waals surface area contributed by atoms with Crippen molar-refractivity contribution in [1.82, 2.24) is 10.6 Å². The molecule has 1 unspecified atom stereocenters. The zero-order chi connectivity index (χ0) is 11.9. The summed E-state index contributed by atoms with van der Waals surface area (Å²) in [5.74, 6) is 0.833. The zero-order valence-corrected chi connectivity index (χ0v) is 10.4. The van der Waals surface area contributed by atoms with Gasteiger partial charge in [-0.25, -0.2) is 0 Å². The Balaban J connectivity index is 2.45. The van der Waals surface area contributed by atoms with Crippen molar-refractivity contribution in [3.05, 3.63) is 12.7 Å². The molecule has 1 heterocycles. The minimum absolute atomic E-state index is 0.0729. The second-order valence-corrected chi connectivity index (χ2v) is 4.27. The first-order valence-electron chi connectivity index (χ1n) is 5.97. The number of guanidine groups is 1. The van der Waals surface area contributed by atoms with Gasteiger partial charge in [-0.05, 0) is 26.7 Å². The summed E-state index contributed by atoms with van der Waals surface area (Å²) in [6.45, 7) is 11.0. The summed E-state index contributed by atoms with van der Waals surface area (Å²) in [6.07, 6.45) is 4.06. The van der Waals surface area contributed by atoms with Crippen molar-refractivity contribution in [2.24, 2.45) is 4.99 Å². The number of ether oxygens (including phenoxy) is 1. The third kappa shape index (κ3) is 4.23. The second-order valence-electron chi connectivity index (χ2n) is 4.27. The molecule has 0 aromatic rings. The van der Waals surface area contributed by atoms with E-state index in [-0.39, 0.29) is 5.60 Å². The minimum atomic E-state index is -0.0729. The Labute approximate surface area is 98.2 Å². The molecule has 1 fully saturated rings. The Kier molecular flexibility index (Phi) is 5.32. The van der Waals surface area contributed by atoms with Crippen LogP contribution in [0.5, 0.6) is 0 Å². The summed E-state index contributed by atoms with van der Waals surface area (Å²) in [4.78, 5) is 4.53. The molecule has 2 N–H and O–H groups in total. The van der Waals surface area contributed by atoms with Crippen LogP contribution in [-0.2, 0) is 4.74 Å². The van der Waals surface area contributed by atoms with Crippen LogP contribution in [0.25, 0.3) is 0 Å². The molecule has 0 aromatic heterocycles. The molecule has 4 heteroatoms. The van der Waals surface area contributed by atoms with E-state index in [0.29, 0.717) is 6.54 Å². The lowest BCUT2D eigenvalue weighted by atomic mass is 10.0. The lowest BCUT2D eigenvalue weighted by Gasteiger charge is -2.21. The Morgan fingerprint density at radius 2 is 2.38 bits per heavy atom. The molecular formula is C12H23N3O. The van der Waals surface area contributed by atoms with Gasteiger partial charge in [0.2, 0.25) is 0 Å². The highest BCUT2D eigenvalue weighted by atomic mass is 16.5. The number of aliphatic imine (C=N–C) groups is 1.